The van der Waals surface area contributed by atoms with Crippen LogP contribution in [0.1, 0.15) is 41.4 Å². The van der Waals surface area contributed by atoms with Crippen LogP contribution in [0.25, 0.3) is 0 Å². The molecular formula is C15H20N2O2. The maximum absolute atomic E-state index is 9.93. The zero-order chi connectivity index (χ0) is 14.0. The van der Waals surface area contributed by atoms with Crippen LogP contribution in [0.5, 0.6) is 5.75 Å². The van der Waals surface area contributed by atoms with Gasteiger partial charge in [-0.3, -0.25) is 0 Å². The van der Waals surface area contributed by atoms with E-state index < -0.39 is 0 Å². The van der Waals surface area contributed by atoms with Gasteiger partial charge in [0.1, 0.15) is 11.5 Å². The van der Waals surface area contributed by atoms with Crippen LogP contribution in [-0.2, 0) is 6.54 Å². The van der Waals surface area contributed by atoms with Gasteiger partial charge < -0.3 is 14.8 Å². The number of hydrogen-bond acceptors (Lipinski definition) is 4. The number of aromatic nitrogens is 1. The van der Waals surface area contributed by atoms with E-state index in [0.29, 0.717) is 18.2 Å². The molecule has 0 amide bonds. The van der Waals surface area contributed by atoms with Crippen molar-refractivity contribution < 1.29 is 9.52 Å². The van der Waals surface area contributed by atoms with E-state index in [1.807, 2.05) is 39.8 Å². The van der Waals surface area contributed by atoms with Gasteiger partial charge >= 0.3 is 0 Å². The monoisotopic (exact) mass is 260 g/mol. The van der Waals surface area contributed by atoms with Crippen LogP contribution < -0.4 is 5.32 Å². The Kier molecular flexibility index (Phi) is 3.90. The van der Waals surface area contributed by atoms with Gasteiger partial charge in [0.25, 0.3) is 0 Å². The van der Waals surface area contributed by atoms with Crippen molar-refractivity contribution in [3.8, 4) is 5.75 Å². The zero-order valence-electron chi connectivity index (χ0n) is 11.8. The van der Waals surface area contributed by atoms with E-state index in [-0.39, 0.29) is 6.04 Å². The van der Waals surface area contributed by atoms with Crippen LogP contribution in [0, 0.1) is 20.8 Å². The van der Waals surface area contributed by atoms with E-state index in [9.17, 15) is 5.11 Å². The van der Waals surface area contributed by atoms with E-state index in [4.69, 9.17) is 4.42 Å². The highest BCUT2D eigenvalue weighted by molar-refractivity contribution is 5.37. The first-order valence-electron chi connectivity index (χ1n) is 6.43. The molecule has 4 nitrogen and oxygen atoms in total. The normalized spacial score (nSPS) is 12.6. The van der Waals surface area contributed by atoms with Crippen LogP contribution in [0.4, 0.5) is 0 Å². The Labute approximate surface area is 113 Å². The van der Waals surface area contributed by atoms with E-state index >= 15 is 0 Å². The molecular weight excluding hydrogens is 240 g/mol. The Morgan fingerprint density at radius 2 is 2.05 bits per heavy atom. The minimum absolute atomic E-state index is 0.0353. The number of oxazole rings is 1. The molecule has 0 radical (unpaired) electrons. The lowest BCUT2D eigenvalue weighted by Crippen LogP contribution is -2.18. The summed E-state index contributed by atoms with van der Waals surface area (Å²) in [6.07, 6.45) is 0. The summed E-state index contributed by atoms with van der Waals surface area (Å²) in [7, 11) is 0. The zero-order valence-corrected chi connectivity index (χ0v) is 11.8. The summed E-state index contributed by atoms with van der Waals surface area (Å²) >= 11 is 0. The minimum Gasteiger partial charge on any atom is -0.508 e. The van der Waals surface area contributed by atoms with Gasteiger partial charge in [0.05, 0.1) is 12.2 Å². The van der Waals surface area contributed by atoms with Crippen molar-refractivity contribution in [2.75, 3.05) is 0 Å². The highest BCUT2D eigenvalue weighted by Gasteiger charge is 2.12. The summed E-state index contributed by atoms with van der Waals surface area (Å²) in [4.78, 5) is 4.32. The smallest absolute Gasteiger partial charge is 0.208 e. The van der Waals surface area contributed by atoms with Gasteiger partial charge in [-0.05, 0) is 39.3 Å². The van der Waals surface area contributed by atoms with E-state index in [1.54, 1.807) is 6.07 Å². The molecule has 0 aliphatic carbocycles. The maximum Gasteiger partial charge on any atom is 0.208 e. The van der Waals surface area contributed by atoms with Gasteiger partial charge in [-0.25, -0.2) is 4.98 Å². The average molecular weight is 260 g/mol. The fourth-order valence-corrected chi connectivity index (χ4v) is 1.99. The number of phenols is 1. The van der Waals surface area contributed by atoms with Crippen molar-refractivity contribution >= 4 is 0 Å². The molecule has 102 valence electrons. The third-order valence-corrected chi connectivity index (χ3v) is 3.28. The first-order valence-corrected chi connectivity index (χ1v) is 6.43. The lowest BCUT2D eigenvalue weighted by Gasteiger charge is -2.14. The van der Waals surface area contributed by atoms with Crippen LogP contribution in [-0.4, -0.2) is 10.1 Å². The molecule has 1 unspecified atom stereocenters. The number of nitrogens with one attached hydrogen (secondary N) is 1. The van der Waals surface area contributed by atoms with Crippen molar-refractivity contribution in [2.45, 2.75) is 40.3 Å². The molecule has 0 saturated heterocycles. The standard InChI is InChI=1S/C15H20N2O2/c1-9-5-6-13(14(18)7-9)11(3)16-8-15-17-10(2)12(4)19-15/h5-7,11,16,18H,8H2,1-4H3. The summed E-state index contributed by atoms with van der Waals surface area (Å²) in [6.45, 7) is 8.34. The number of rotatable bonds is 4. The molecule has 2 aromatic rings. The van der Waals surface area contributed by atoms with Crippen molar-refractivity contribution in [2.24, 2.45) is 0 Å². The molecule has 1 heterocycles. The van der Waals surface area contributed by atoms with Crippen molar-refractivity contribution in [3.63, 3.8) is 0 Å². The number of benzene rings is 1. The number of nitrogens with zero attached hydrogens (tertiary/aromatic N) is 1. The van der Waals surface area contributed by atoms with Crippen molar-refractivity contribution in [3.05, 3.63) is 46.7 Å². The lowest BCUT2D eigenvalue weighted by atomic mass is 10.1. The van der Waals surface area contributed by atoms with Crippen molar-refractivity contribution in [1.82, 2.24) is 10.3 Å². The summed E-state index contributed by atoms with van der Waals surface area (Å²) in [6, 6.07) is 5.74. The Bertz CT molecular complexity index is 556. The van der Waals surface area contributed by atoms with E-state index in [1.165, 1.54) is 0 Å². The summed E-state index contributed by atoms with van der Waals surface area (Å²) in [5, 5.41) is 13.2. The Balaban J connectivity index is 2.03. The highest BCUT2D eigenvalue weighted by Crippen LogP contribution is 2.25. The number of aryl methyl sites for hydroxylation is 3. The second-order valence-corrected chi connectivity index (χ2v) is 4.91. The van der Waals surface area contributed by atoms with Gasteiger partial charge in [-0.15, -0.1) is 0 Å². The average Bonchev–Trinajstić information content (AvgIpc) is 2.66. The Morgan fingerprint density at radius 1 is 1.32 bits per heavy atom. The summed E-state index contributed by atoms with van der Waals surface area (Å²) in [5.41, 5.74) is 2.85. The van der Waals surface area contributed by atoms with Gasteiger partial charge in [0.15, 0.2) is 0 Å². The molecule has 0 aliphatic rings. The Morgan fingerprint density at radius 3 is 2.63 bits per heavy atom. The van der Waals surface area contributed by atoms with Crippen LogP contribution >= 0.6 is 0 Å². The van der Waals surface area contributed by atoms with Gasteiger partial charge in [0.2, 0.25) is 5.89 Å². The second kappa shape index (κ2) is 5.45. The van der Waals surface area contributed by atoms with Crippen LogP contribution in [0.2, 0.25) is 0 Å². The minimum atomic E-state index is 0.0353. The molecule has 0 fully saturated rings. The second-order valence-electron chi connectivity index (χ2n) is 4.91. The van der Waals surface area contributed by atoms with Gasteiger partial charge in [-0.2, -0.15) is 0 Å². The number of phenolic OH excluding ortho intramolecular Hbond substituents is 1. The maximum atomic E-state index is 9.93. The van der Waals surface area contributed by atoms with E-state index in [0.717, 1.165) is 22.6 Å². The fraction of sp³-hybridized carbons (Fsp3) is 0.400. The molecule has 4 heteroatoms. The highest BCUT2D eigenvalue weighted by atomic mass is 16.4. The topological polar surface area (TPSA) is 58.3 Å². The predicted molar refractivity (Wildman–Crippen MR) is 74.1 cm³/mol. The van der Waals surface area contributed by atoms with Gasteiger partial charge in [0, 0.05) is 11.6 Å². The predicted octanol–water partition coefficient (Wildman–Crippen LogP) is 3.16. The first-order chi connectivity index (χ1) is 8.97. The third kappa shape index (κ3) is 3.15. The summed E-state index contributed by atoms with van der Waals surface area (Å²) in [5.74, 6) is 1.84. The SMILES string of the molecule is Cc1ccc(C(C)NCc2nc(C)c(C)o2)c(O)c1. The molecule has 0 spiro atoms. The molecule has 19 heavy (non-hydrogen) atoms. The van der Waals surface area contributed by atoms with Crippen LogP contribution in [0.15, 0.2) is 22.6 Å². The molecule has 1 aromatic heterocycles. The fourth-order valence-electron chi connectivity index (χ4n) is 1.99. The Hall–Kier alpha value is -1.81. The first kappa shape index (κ1) is 13.6. The third-order valence-electron chi connectivity index (χ3n) is 3.28. The lowest BCUT2D eigenvalue weighted by molar-refractivity contribution is 0.419. The molecule has 1 atom stereocenters. The molecule has 2 rings (SSSR count). The van der Waals surface area contributed by atoms with Crippen molar-refractivity contribution in [1.29, 1.82) is 0 Å². The largest absolute Gasteiger partial charge is 0.508 e. The molecule has 0 saturated carbocycles. The molecule has 0 aliphatic heterocycles. The molecule has 1 aromatic carbocycles. The number of aromatic hydroxyl groups is 1. The van der Waals surface area contributed by atoms with E-state index in [2.05, 4.69) is 10.3 Å². The van der Waals surface area contributed by atoms with Gasteiger partial charge in [-0.1, -0.05) is 12.1 Å². The summed E-state index contributed by atoms with van der Waals surface area (Å²) < 4.78 is 5.51. The molecule has 2 N–H and O–H groups in total. The quantitative estimate of drug-likeness (QED) is 0.886. The molecule has 0 bridgehead atoms. The number of hydrogen-bond donors (Lipinski definition) is 2. The van der Waals surface area contributed by atoms with Crippen LogP contribution in [0.3, 0.4) is 0 Å².